The molecule has 0 amide bonds. The summed E-state index contributed by atoms with van der Waals surface area (Å²) in [5.41, 5.74) is 4.74. The molecule has 6 rings (SSSR count). The lowest BCUT2D eigenvalue weighted by Gasteiger charge is -2.39. The van der Waals surface area contributed by atoms with Gasteiger partial charge in [-0.3, -0.25) is 4.98 Å². The summed E-state index contributed by atoms with van der Waals surface area (Å²) < 4.78 is 11.6. The molecule has 2 saturated carbocycles. The normalized spacial score (nSPS) is 23.7. The second-order valence-corrected chi connectivity index (χ2v) is 9.39. The molecule has 2 aliphatic carbocycles. The molecule has 2 aromatic carbocycles. The summed E-state index contributed by atoms with van der Waals surface area (Å²) in [6.07, 6.45) is 6.99. The van der Waals surface area contributed by atoms with E-state index in [0.29, 0.717) is 24.3 Å². The largest absolute Gasteiger partial charge is 0.487 e. The Morgan fingerprint density at radius 1 is 0.939 bits per heavy atom. The molecule has 166 valence electrons. The van der Waals surface area contributed by atoms with Crippen LogP contribution in [0.15, 0.2) is 77.3 Å². The molecular formula is C28H27N3O2. The molecule has 0 spiro atoms. The highest BCUT2D eigenvalue weighted by Crippen LogP contribution is 2.60. The fourth-order valence-electron chi connectivity index (χ4n) is 6.02. The maximum atomic E-state index is 5.99. The molecule has 0 aliphatic heterocycles. The van der Waals surface area contributed by atoms with Crippen molar-refractivity contribution in [2.75, 3.05) is 0 Å². The van der Waals surface area contributed by atoms with Crippen molar-refractivity contribution in [3.8, 4) is 17.2 Å². The Kier molecular flexibility index (Phi) is 4.97. The number of nitrogens with zero attached hydrogens (tertiary/aromatic N) is 3. The van der Waals surface area contributed by atoms with Gasteiger partial charge in [-0.15, -0.1) is 10.2 Å². The van der Waals surface area contributed by atoms with Crippen LogP contribution in [0, 0.1) is 18.8 Å². The van der Waals surface area contributed by atoms with E-state index >= 15 is 0 Å². The van der Waals surface area contributed by atoms with E-state index in [4.69, 9.17) is 9.15 Å². The van der Waals surface area contributed by atoms with Crippen LogP contribution in [0.2, 0.25) is 0 Å². The minimum atomic E-state index is 0.0612. The van der Waals surface area contributed by atoms with Gasteiger partial charge in [-0.2, -0.15) is 0 Å². The lowest BCUT2D eigenvalue weighted by Crippen LogP contribution is -2.34. The van der Waals surface area contributed by atoms with E-state index < -0.39 is 0 Å². The highest BCUT2D eigenvalue weighted by Gasteiger charge is 2.52. The zero-order chi connectivity index (χ0) is 22.3. The number of hydrogen-bond acceptors (Lipinski definition) is 5. The summed E-state index contributed by atoms with van der Waals surface area (Å²) in [7, 11) is 0. The van der Waals surface area contributed by atoms with Crippen LogP contribution in [0.5, 0.6) is 5.75 Å². The van der Waals surface area contributed by atoms with Crippen LogP contribution in [0.4, 0.5) is 0 Å². The predicted molar refractivity (Wildman–Crippen MR) is 126 cm³/mol. The van der Waals surface area contributed by atoms with E-state index in [1.807, 2.05) is 25.1 Å². The van der Waals surface area contributed by atoms with Crippen LogP contribution in [-0.4, -0.2) is 15.2 Å². The number of benzene rings is 2. The van der Waals surface area contributed by atoms with Gasteiger partial charge >= 0.3 is 0 Å². The third kappa shape index (κ3) is 3.62. The lowest BCUT2D eigenvalue weighted by atomic mass is 9.64. The molecule has 0 saturated heterocycles. The zero-order valence-corrected chi connectivity index (χ0v) is 18.8. The van der Waals surface area contributed by atoms with E-state index in [2.05, 4.69) is 63.7 Å². The fourth-order valence-corrected chi connectivity index (χ4v) is 6.02. The number of aryl methyl sites for hydroxylation is 1. The molecule has 2 bridgehead atoms. The van der Waals surface area contributed by atoms with Gasteiger partial charge in [-0.1, -0.05) is 36.8 Å². The van der Waals surface area contributed by atoms with E-state index in [1.54, 1.807) is 6.20 Å². The Bertz CT molecular complexity index is 1230. The Balaban J connectivity index is 1.29. The molecule has 5 nitrogen and oxygen atoms in total. The Labute approximate surface area is 193 Å². The Morgan fingerprint density at radius 2 is 1.73 bits per heavy atom. The molecular weight excluding hydrogens is 410 g/mol. The second kappa shape index (κ2) is 8.14. The second-order valence-electron chi connectivity index (χ2n) is 9.39. The minimum absolute atomic E-state index is 0.0612. The van der Waals surface area contributed by atoms with Gasteiger partial charge in [0.25, 0.3) is 0 Å². The van der Waals surface area contributed by atoms with Gasteiger partial charge in [0.05, 0.1) is 5.69 Å². The number of fused-ring (bicyclic) bond motifs is 2. The van der Waals surface area contributed by atoms with Crippen LogP contribution in [0.1, 0.15) is 48.4 Å². The topological polar surface area (TPSA) is 61.0 Å². The minimum Gasteiger partial charge on any atom is -0.487 e. The van der Waals surface area contributed by atoms with E-state index in [9.17, 15) is 0 Å². The molecule has 3 atom stereocenters. The maximum absolute atomic E-state index is 5.99. The van der Waals surface area contributed by atoms with Gasteiger partial charge in [0.2, 0.25) is 11.8 Å². The van der Waals surface area contributed by atoms with Crippen molar-refractivity contribution in [3.05, 3.63) is 95.6 Å². The van der Waals surface area contributed by atoms with Gasteiger partial charge in [-0.05, 0) is 78.6 Å². The summed E-state index contributed by atoms with van der Waals surface area (Å²) in [5, 5.41) is 8.14. The third-order valence-corrected chi connectivity index (χ3v) is 7.50. The van der Waals surface area contributed by atoms with Crippen molar-refractivity contribution >= 4 is 0 Å². The molecule has 3 unspecified atom stereocenters. The maximum Gasteiger partial charge on any atom is 0.247 e. The SMILES string of the molecule is Cc1nnc(-c2ccc(C3(c4ccc(OCc5ccccn5)cc4)CC4CCC3C4)cc2)o1. The first-order valence-electron chi connectivity index (χ1n) is 11.7. The van der Waals surface area contributed by atoms with Crippen LogP contribution >= 0.6 is 0 Å². The van der Waals surface area contributed by atoms with Crippen molar-refractivity contribution in [2.45, 2.75) is 44.6 Å². The molecule has 33 heavy (non-hydrogen) atoms. The number of rotatable bonds is 6. The van der Waals surface area contributed by atoms with Gasteiger partial charge in [0.1, 0.15) is 12.4 Å². The van der Waals surface area contributed by atoms with Crippen molar-refractivity contribution < 1.29 is 9.15 Å². The van der Waals surface area contributed by atoms with Crippen LogP contribution in [-0.2, 0) is 12.0 Å². The first kappa shape index (κ1) is 20.2. The van der Waals surface area contributed by atoms with Crippen LogP contribution < -0.4 is 4.74 Å². The molecule has 5 heteroatoms. The van der Waals surface area contributed by atoms with Crippen molar-refractivity contribution in [1.29, 1.82) is 0 Å². The smallest absolute Gasteiger partial charge is 0.247 e. The Hall–Kier alpha value is -3.47. The summed E-state index contributed by atoms with van der Waals surface area (Å²) >= 11 is 0. The first-order chi connectivity index (χ1) is 16.2. The highest BCUT2D eigenvalue weighted by molar-refractivity contribution is 5.55. The van der Waals surface area contributed by atoms with Gasteiger partial charge in [0.15, 0.2) is 0 Å². The van der Waals surface area contributed by atoms with Crippen LogP contribution in [0.3, 0.4) is 0 Å². The third-order valence-electron chi connectivity index (χ3n) is 7.50. The zero-order valence-electron chi connectivity index (χ0n) is 18.8. The van der Waals surface area contributed by atoms with Gasteiger partial charge in [0, 0.05) is 24.1 Å². The molecule has 0 radical (unpaired) electrons. The average Bonchev–Trinajstić information content (AvgIpc) is 3.61. The molecule has 2 heterocycles. The Morgan fingerprint density at radius 3 is 2.33 bits per heavy atom. The average molecular weight is 438 g/mol. The summed E-state index contributed by atoms with van der Waals surface area (Å²) in [6.45, 7) is 2.30. The molecule has 0 N–H and O–H groups in total. The first-order valence-corrected chi connectivity index (χ1v) is 11.7. The van der Waals surface area contributed by atoms with E-state index in [-0.39, 0.29) is 5.41 Å². The number of hydrogen-bond donors (Lipinski definition) is 0. The van der Waals surface area contributed by atoms with Crippen LogP contribution in [0.25, 0.3) is 11.5 Å². The van der Waals surface area contributed by atoms with E-state index in [1.165, 1.54) is 36.8 Å². The van der Waals surface area contributed by atoms with E-state index in [0.717, 1.165) is 22.9 Å². The fraction of sp³-hybridized carbons (Fsp3) is 0.321. The standard InChI is InChI=1S/C28H27N3O2/c1-19-30-31-27(33-19)21-6-9-22(10-7-21)28(17-20-5-8-24(28)16-20)23-11-13-26(14-12-23)32-18-25-4-2-3-15-29-25/h2-4,6-7,9-15,20,24H,5,8,16-18H2,1H3. The number of pyridine rings is 1. The highest BCUT2D eigenvalue weighted by atomic mass is 16.5. The predicted octanol–water partition coefficient (Wildman–Crippen LogP) is 6.13. The number of aromatic nitrogens is 3. The molecule has 2 fully saturated rings. The molecule has 2 aromatic heterocycles. The van der Waals surface area contributed by atoms with Gasteiger partial charge in [-0.25, -0.2) is 0 Å². The summed E-state index contributed by atoms with van der Waals surface area (Å²) in [6, 6.07) is 23.4. The van der Waals surface area contributed by atoms with Crippen molar-refractivity contribution in [3.63, 3.8) is 0 Å². The monoisotopic (exact) mass is 437 g/mol. The number of ether oxygens (including phenoxy) is 1. The quantitative estimate of drug-likeness (QED) is 0.363. The molecule has 2 aliphatic rings. The van der Waals surface area contributed by atoms with Crippen molar-refractivity contribution in [2.24, 2.45) is 11.8 Å². The van der Waals surface area contributed by atoms with Crippen molar-refractivity contribution in [1.82, 2.24) is 15.2 Å². The lowest BCUT2D eigenvalue weighted by molar-refractivity contribution is 0.299. The summed E-state index contributed by atoms with van der Waals surface area (Å²) in [5.74, 6) is 3.54. The summed E-state index contributed by atoms with van der Waals surface area (Å²) in [4.78, 5) is 4.34. The van der Waals surface area contributed by atoms with Gasteiger partial charge < -0.3 is 9.15 Å². The molecule has 4 aromatic rings.